The Kier molecular flexibility index (Phi) is 9.44. The number of thiazole rings is 1. The van der Waals surface area contributed by atoms with Gasteiger partial charge in [-0.25, -0.2) is 9.37 Å². The molecular weight excluding hydrogens is 485 g/mol. The van der Waals surface area contributed by atoms with E-state index in [1.165, 1.54) is 31.3 Å². The number of fused-ring (bicyclic) bond motifs is 1. The first-order chi connectivity index (χ1) is 16.9. The van der Waals surface area contributed by atoms with E-state index in [0.29, 0.717) is 18.5 Å². The molecule has 2 fully saturated rings. The van der Waals surface area contributed by atoms with Gasteiger partial charge in [-0.15, -0.1) is 23.7 Å². The van der Waals surface area contributed by atoms with Crippen LogP contribution in [0.5, 0.6) is 0 Å². The lowest BCUT2D eigenvalue weighted by Crippen LogP contribution is -2.46. The monoisotopic (exact) mass is 521 g/mol. The van der Waals surface area contributed by atoms with Gasteiger partial charge in [0.15, 0.2) is 6.10 Å². The second-order valence-corrected chi connectivity index (χ2v) is 11.5. The van der Waals surface area contributed by atoms with E-state index in [9.17, 15) is 19.8 Å². The molecule has 2 aliphatic heterocycles. The number of hydrogen-bond donors (Lipinski definition) is 2. The first kappa shape index (κ1) is 28.5. The van der Waals surface area contributed by atoms with Crippen LogP contribution in [-0.4, -0.2) is 57.5 Å². The van der Waals surface area contributed by atoms with Crippen LogP contribution >= 0.6 is 11.3 Å². The Hall–Kier alpha value is -2.12. The lowest BCUT2D eigenvalue weighted by molar-refractivity contribution is -0.155. The highest BCUT2D eigenvalue weighted by atomic mass is 32.1. The number of carbonyl (C=O) groups excluding carboxylic acids is 2. The van der Waals surface area contributed by atoms with Crippen LogP contribution < -0.4 is 0 Å². The number of terminal acetylenes is 1. The van der Waals surface area contributed by atoms with Crippen LogP contribution in [0, 0.1) is 36.5 Å². The van der Waals surface area contributed by atoms with Gasteiger partial charge >= 0.3 is 5.97 Å². The fourth-order valence-electron chi connectivity index (χ4n) is 4.71. The number of rotatable bonds is 3. The van der Waals surface area contributed by atoms with Gasteiger partial charge in [-0.3, -0.25) is 9.59 Å². The highest BCUT2D eigenvalue weighted by Gasteiger charge is 2.45. The standard InChI is InChI=1S/C27H36FNO6S/c1-6-8-18-25(32)15(2)9-7-10-20-22(34-20)12-21(19(28)11-17-14-36-16(3)29-17)35-24(31)13-23(30)27(4,5)26(18)33/h1,11,14-15,18,20-23,25,30,32H,7-10,12-13H2,2-5H3/b19-11-/t15-,18+,20-,21-,22+,23+,25-/m0/s1. The number of epoxide rings is 1. The molecule has 0 saturated carbocycles. The molecule has 2 saturated heterocycles. The van der Waals surface area contributed by atoms with Crippen LogP contribution in [0.1, 0.15) is 70.0 Å². The third kappa shape index (κ3) is 7.00. The summed E-state index contributed by atoms with van der Waals surface area (Å²) in [5, 5.41) is 24.3. The van der Waals surface area contributed by atoms with Crippen LogP contribution in [0.3, 0.4) is 0 Å². The molecule has 198 valence electrons. The Morgan fingerprint density at radius 2 is 2.06 bits per heavy atom. The molecule has 2 aliphatic rings. The number of aromatic nitrogens is 1. The summed E-state index contributed by atoms with van der Waals surface area (Å²) in [5.74, 6) is -0.526. The van der Waals surface area contributed by atoms with Crippen molar-refractivity contribution >= 4 is 29.2 Å². The van der Waals surface area contributed by atoms with Crippen LogP contribution in [0.15, 0.2) is 11.2 Å². The normalized spacial score (nSPS) is 34.4. The van der Waals surface area contributed by atoms with Crippen LogP contribution in [0.25, 0.3) is 6.08 Å². The number of aliphatic hydroxyl groups is 2. The quantitative estimate of drug-likeness (QED) is 0.352. The van der Waals surface area contributed by atoms with Gasteiger partial charge in [0.2, 0.25) is 0 Å². The van der Waals surface area contributed by atoms with Crippen molar-refractivity contribution in [2.24, 2.45) is 17.3 Å². The molecule has 0 amide bonds. The number of ether oxygens (including phenoxy) is 2. The molecule has 9 heteroatoms. The highest BCUT2D eigenvalue weighted by molar-refractivity contribution is 7.09. The molecule has 3 rings (SSSR count). The van der Waals surface area contributed by atoms with Crippen molar-refractivity contribution in [3.05, 3.63) is 21.9 Å². The summed E-state index contributed by atoms with van der Waals surface area (Å²) in [6.07, 6.45) is 4.55. The molecule has 3 heterocycles. The number of aliphatic hydroxyl groups excluding tert-OH is 2. The van der Waals surface area contributed by atoms with Gasteiger partial charge in [-0.2, -0.15) is 0 Å². The average molecular weight is 522 g/mol. The molecule has 0 spiro atoms. The van der Waals surface area contributed by atoms with Gasteiger partial charge in [-0.05, 0) is 31.8 Å². The SMILES string of the molecule is C#CC[C@H]1C(=O)C(C)(C)[C@H](O)CC(=O)O[C@H](/C(F)=C/c2csc(C)n2)C[C@H]2O[C@H]2CCC[C@H](C)[C@@H]1O. The predicted octanol–water partition coefficient (Wildman–Crippen LogP) is 4.00. The topological polar surface area (TPSA) is 109 Å². The lowest BCUT2D eigenvalue weighted by atomic mass is 9.71. The molecule has 0 radical (unpaired) electrons. The first-order valence-corrected chi connectivity index (χ1v) is 13.3. The molecule has 0 aliphatic carbocycles. The molecule has 7 nitrogen and oxygen atoms in total. The van der Waals surface area contributed by atoms with Crippen molar-refractivity contribution < 1.29 is 33.7 Å². The van der Waals surface area contributed by atoms with Crippen molar-refractivity contribution in [2.45, 2.75) is 96.7 Å². The van der Waals surface area contributed by atoms with Gasteiger partial charge in [0, 0.05) is 18.2 Å². The summed E-state index contributed by atoms with van der Waals surface area (Å²) in [4.78, 5) is 30.4. The van der Waals surface area contributed by atoms with Crippen molar-refractivity contribution in [3.8, 4) is 12.3 Å². The Bertz CT molecular complexity index is 1010. The lowest BCUT2D eigenvalue weighted by Gasteiger charge is -2.35. The molecule has 7 atom stereocenters. The van der Waals surface area contributed by atoms with E-state index in [4.69, 9.17) is 15.9 Å². The van der Waals surface area contributed by atoms with E-state index in [1.807, 2.05) is 13.8 Å². The fraction of sp³-hybridized carbons (Fsp3) is 0.667. The van der Waals surface area contributed by atoms with Gasteiger partial charge in [0.25, 0.3) is 0 Å². The first-order valence-electron chi connectivity index (χ1n) is 12.4. The van der Waals surface area contributed by atoms with E-state index in [2.05, 4.69) is 10.9 Å². The number of carbonyl (C=O) groups is 2. The van der Waals surface area contributed by atoms with E-state index >= 15 is 4.39 Å². The second kappa shape index (κ2) is 12.0. The number of esters is 1. The zero-order valence-corrected chi connectivity index (χ0v) is 22.1. The van der Waals surface area contributed by atoms with Crippen molar-refractivity contribution in [2.75, 3.05) is 0 Å². The van der Waals surface area contributed by atoms with Crippen LogP contribution in [0.2, 0.25) is 0 Å². The van der Waals surface area contributed by atoms with Gasteiger partial charge in [0.1, 0.15) is 11.6 Å². The third-order valence-electron chi connectivity index (χ3n) is 7.28. The maximum atomic E-state index is 15.2. The Morgan fingerprint density at radius 3 is 2.69 bits per heavy atom. The van der Waals surface area contributed by atoms with Crippen molar-refractivity contribution in [3.63, 3.8) is 0 Å². The van der Waals surface area contributed by atoms with Crippen LogP contribution in [0.4, 0.5) is 4.39 Å². The number of nitrogens with zero attached hydrogens (tertiary/aromatic N) is 1. The number of cyclic esters (lactones) is 1. The molecule has 1 aromatic heterocycles. The predicted molar refractivity (Wildman–Crippen MR) is 134 cm³/mol. The number of ketones is 1. The van der Waals surface area contributed by atoms with Gasteiger partial charge in [0.05, 0.1) is 52.9 Å². The third-order valence-corrected chi connectivity index (χ3v) is 8.08. The fourth-order valence-corrected chi connectivity index (χ4v) is 5.28. The van der Waals surface area contributed by atoms with E-state index < -0.39 is 53.6 Å². The molecule has 2 N–H and O–H groups in total. The highest BCUT2D eigenvalue weighted by Crippen LogP contribution is 2.37. The summed E-state index contributed by atoms with van der Waals surface area (Å²) in [7, 11) is 0. The molecule has 0 unspecified atom stereocenters. The maximum absolute atomic E-state index is 15.2. The Labute approximate surface area is 216 Å². The second-order valence-electron chi connectivity index (χ2n) is 10.5. The molecule has 36 heavy (non-hydrogen) atoms. The Morgan fingerprint density at radius 1 is 1.33 bits per heavy atom. The number of hydrogen-bond acceptors (Lipinski definition) is 8. The van der Waals surface area contributed by atoms with Gasteiger partial charge < -0.3 is 19.7 Å². The zero-order chi connectivity index (χ0) is 26.6. The molecular formula is C27H36FNO6S. The number of aryl methyl sites for hydroxylation is 1. The largest absolute Gasteiger partial charge is 0.455 e. The van der Waals surface area contributed by atoms with E-state index in [-0.39, 0.29) is 31.0 Å². The minimum atomic E-state index is -1.41. The summed E-state index contributed by atoms with van der Waals surface area (Å²) in [6.45, 7) is 6.71. The smallest absolute Gasteiger partial charge is 0.309 e. The van der Waals surface area contributed by atoms with E-state index in [1.54, 1.807) is 5.38 Å². The molecule has 0 bridgehead atoms. The minimum Gasteiger partial charge on any atom is -0.455 e. The number of Topliss-reactive ketones (excluding diaryl/α,β-unsaturated/α-hetero) is 1. The van der Waals surface area contributed by atoms with Crippen molar-refractivity contribution in [1.29, 1.82) is 0 Å². The van der Waals surface area contributed by atoms with E-state index in [0.717, 1.165) is 11.4 Å². The maximum Gasteiger partial charge on any atom is 0.309 e. The minimum absolute atomic E-state index is 0.0208. The average Bonchev–Trinajstić information content (AvgIpc) is 3.42. The van der Waals surface area contributed by atoms with Crippen LogP contribution in [-0.2, 0) is 19.1 Å². The molecule has 0 aromatic carbocycles. The summed E-state index contributed by atoms with van der Waals surface area (Å²) in [6, 6.07) is 0. The summed E-state index contributed by atoms with van der Waals surface area (Å²) < 4.78 is 26.4. The summed E-state index contributed by atoms with van der Waals surface area (Å²) in [5.41, 5.74) is -0.948. The Balaban J connectivity index is 1.85. The molecule has 1 aromatic rings. The number of halogens is 1. The van der Waals surface area contributed by atoms with Gasteiger partial charge in [-0.1, -0.05) is 27.2 Å². The zero-order valence-electron chi connectivity index (χ0n) is 21.3. The summed E-state index contributed by atoms with van der Waals surface area (Å²) >= 11 is 1.38. The van der Waals surface area contributed by atoms with Crippen molar-refractivity contribution in [1.82, 2.24) is 4.98 Å².